The van der Waals surface area contributed by atoms with E-state index in [0.29, 0.717) is 32.0 Å². The number of ether oxygens (including phenoxy) is 1. The fourth-order valence-corrected chi connectivity index (χ4v) is 3.05. The lowest BCUT2D eigenvalue weighted by Gasteiger charge is -2.19. The van der Waals surface area contributed by atoms with Crippen LogP contribution in [0.25, 0.3) is 11.3 Å². The van der Waals surface area contributed by atoms with E-state index < -0.39 is 12.7 Å². The Kier molecular flexibility index (Phi) is 3.98. The highest BCUT2D eigenvalue weighted by molar-refractivity contribution is 14.1. The number of amides is 1. The maximum Gasteiger partial charge on any atom is 0.408 e. The Balaban J connectivity index is 2.08. The summed E-state index contributed by atoms with van der Waals surface area (Å²) in [5.74, 6) is 0.186. The number of nitrogens with zero attached hydrogens (tertiary/aromatic N) is 2. The van der Waals surface area contributed by atoms with Crippen molar-refractivity contribution < 1.29 is 22.7 Å². The molecule has 0 spiro atoms. The van der Waals surface area contributed by atoms with Crippen LogP contribution in [0.1, 0.15) is 5.69 Å². The molecule has 0 atom stereocenters. The van der Waals surface area contributed by atoms with Crippen LogP contribution in [-0.2, 0) is 11.3 Å². The van der Waals surface area contributed by atoms with Gasteiger partial charge in [-0.2, -0.15) is 18.3 Å². The number of halogens is 4. The van der Waals surface area contributed by atoms with Crippen molar-refractivity contribution in [1.82, 2.24) is 9.78 Å². The van der Waals surface area contributed by atoms with Crippen LogP contribution in [0.3, 0.4) is 0 Å². The minimum Gasteiger partial charge on any atom is -0.482 e. The summed E-state index contributed by atoms with van der Waals surface area (Å²) in [4.78, 5) is 11.4. The standard InChI is InChI=1S/C14H11F3IN3O2/c1-7-12(18)13(21(20-7)6-14(15,16)17)8-2-3-10-9(4-8)19-11(22)5-23-10/h2-4H,5-6H2,1H3,(H,19,22). The van der Waals surface area contributed by atoms with Crippen LogP contribution in [0.2, 0.25) is 0 Å². The SMILES string of the molecule is Cc1nn(CC(F)(F)F)c(-c2ccc3c(c2)NC(=O)CO3)c1I. The number of anilines is 1. The van der Waals surface area contributed by atoms with Crippen LogP contribution in [0.4, 0.5) is 18.9 Å². The Morgan fingerprint density at radius 2 is 2.17 bits per heavy atom. The summed E-state index contributed by atoms with van der Waals surface area (Å²) >= 11 is 1.97. The van der Waals surface area contributed by atoms with Gasteiger partial charge >= 0.3 is 6.18 Å². The van der Waals surface area contributed by atoms with E-state index in [2.05, 4.69) is 10.4 Å². The van der Waals surface area contributed by atoms with E-state index in [-0.39, 0.29) is 12.5 Å². The van der Waals surface area contributed by atoms with Crippen molar-refractivity contribution in [3.05, 3.63) is 27.5 Å². The second kappa shape index (κ2) is 5.69. The van der Waals surface area contributed by atoms with Crippen molar-refractivity contribution in [2.75, 3.05) is 11.9 Å². The van der Waals surface area contributed by atoms with Gasteiger partial charge < -0.3 is 10.1 Å². The third kappa shape index (κ3) is 3.28. The van der Waals surface area contributed by atoms with Gasteiger partial charge in [0.15, 0.2) is 6.61 Å². The molecule has 1 aliphatic heterocycles. The van der Waals surface area contributed by atoms with Gasteiger partial charge in [-0.1, -0.05) is 0 Å². The fraction of sp³-hybridized carbons (Fsp3) is 0.286. The number of nitrogens with one attached hydrogen (secondary N) is 1. The highest BCUT2D eigenvalue weighted by Gasteiger charge is 2.31. The minimum atomic E-state index is -4.37. The second-order valence-corrected chi connectivity index (χ2v) is 6.15. The number of fused-ring (bicyclic) bond motifs is 1. The van der Waals surface area contributed by atoms with Crippen LogP contribution in [0.5, 0.6) is 5.75 Å². The second-order valence-electron chi connectivity index (χ2n) is 5.07. The van der Waals surface area contributed by atoms with Crippen LogP contribution < -0.4 is 10.1 Å². The van der Waals surface area contributed by atoms with Gasteiger partial charge in [-0.25, -0.2) is 0 Å². The van der Waals surface area contributed by atoms with Crippen LogP contribution >= 0.6 is 22.6 Å². The lowest BCUT2D eigenvalue weighted by Crippen LogP contribution is -2.25. The molecule has 0 saturated carbocycles. The average Bonchev–Trinajstić information content (AvgIpc) is 2.70. The Labute approximate surface area is 142 Å². The third-order valence-corrected chi connectivity index (χ3v) is 4.56. The van der Waals surface area contributed by atoms with E-state index in [1.54, 1.807) is 25.1 Å². The molecular formula is C14H11F3IN3O2. The first-order valence-corrected chi connectivity index (χ1v) is 7.69. The van der Waals surface area contributed by atoms with Crippen molar-refractivity contribution >= 4 is 34.2 Å². The van der Waals surface area contributed by atoms with Crippen molar-refractivity contribution in [3.8, 4) is 17.0 Å². The zero-order valence-electron chi connectivity index (χ0n) is 11.9. The summed E-state index contributed by atoms with van der Waals surface area (Å²) in [6.45, 7) is 0.405. The molecular weight excluding hydrogens is 426 g/mol. The summed E-state index contributed by atoms with van der Waals surface area (Å²) in [6.07, 6.45) is -4.37. The normalized spacial score (nSPS) is 14.2. The maximum absolute atomic E-state index is 12.8. The molecule has 1 aliphatic rings. The van der Waals surface area contributed by atoms with Crippen molar-refractivity contribution in [1.29, 1.82) is 0 Å². The summed E-state index contributed by atoms with van der Waals surface area (Å²) in [5, 5.41) is 6.62. The molecule has 122 valence electrons. The number of alkyl halides is 3. The molecule has 0 radical (unpaired) electrons. The molecule has 1 amide bonds. The van der Waals surface area contributed by atoms with Gasteiger partial charge in [-0.3, -0.25) is 9.48 Å². The van der Waals surface area contributed by atoms with E-state index >= 15 is 0 Å². The number of hydrogen-bond donors (Lipinski definition) is 1. The van der Waals surface area contributed by atoms with Gasteiger partial charge in [0.2, 0.25) is 0 Å². The lowest BCUT2D eigenvalue weighted by atomic mass is 10.1. The summed E-state index contributed by atoms with van der Waals surface area (Å²) in [5.41, 5.74) is 1.85. The van der Waals surface area contributed by atoms with Crippen molar-refractivity contribution in [2.24, 2.45) is 0 Å². The van der Waals surface area contributed by atoms with Gasteiger partial charge in [0.25, 0.3) is 5.91 Å². The number of carbonyl (C=O) groups is 1. The van der Waals surface area contributed by atoms with Crippen molar-refractivity contribution in [2.45, 2.75) is 19.6 Å². The summed E-state index contributed by atoms with van der Waals surface area (Å²) in [6, 6.07) is 4.88. The molecule has 0 saturated heterocycles. The zero-order valence-corrected chi connectivity index (χ0v) is 14.0. The van der Waals surface area contributed by atoms with Crippen LogP contribution in [0.15, 0.2) is 18.2 Å². The predicted molar refractivity (Wildman–Crippen MR) is 85.3 cm³/mol. The maximum atomic E-state index is 12.8. The number of hydrogen-bond acceptors (Lipinski definition) is 3. The van der Waals surface area contributed by atoms with Gasteiger partial charge in [-0.15, -0.1) is 0 Å². The first-order chi connectivity index (χ1) is 10.7. The van der Waals surface area contributed by atoms with E-state index in [1.165, 1.54) is 0 Å². The van der Waals surface area contributed by atoms with Crippen molar-refractivity contribution in [3.63, 3.8) is 0 Å². The highest BCUT2D eigenvalue weighted by atomic mass is 127. The van der Waals surface area contributed by atoms with Crippen LogP contribution in [-0.4, -0.2) is 28.5 Å². The largest absolute Gasteiger partial charge is 0.482 e. The van der Waals surface area contributed by atoms with E-state index in [0.717, 1.165) is 4.68 Å². The fourth-order valence-electron chi connectivity index (χ4n) is 2.35. The molecule has 0 unspecified atom stereocenters. The number of rotatable bonds is 2. The molecule has 3 rings (SSSR count). The monoisotopic (exact) mass is 437 g/mol. The average molecular weight is 437 g/mol. The first-order valence-electron chi connectivity index (χ1n) is 6.61. The lowest BCUT2D eigenvalue weighted by molar-refractivity contribution is -0.142. The molecule has 0 fully saturated rings. The zero-order chi connectivity index (χ0) is 16.8. The Hall–Kier alpha value is -1.78. The molecule has 0 aliphatic carbocycles. The summed E-state index contributed by atoms with van der Waals surface area (Å²) in [7, 11) is 0. The Morgan fingerprint density at radius 3 is 2.87 bits per heavy atom. The topological polar surface area (TPSA) is 56.2 Å². The molecule has 1 aromatic heterocycles. The number of aryl methyl sites for hydroxylation is 1. The van der Waals surface area contributed by atoms with E-state index in [1.807, 2.05) is 22.6 Å². The molecule has 5 nitrogen and oxygen atoms in total. The molecule has 0 bridgehead atoms. The quantitative estimate of drug-likeness (QED) is 0.734. The predicted octanol–water partition coefficient (Wildman–Crippen LogP) is 3.36. The molecule has 9 heteroatoms. The molecule has 2 aromatic rings. The summed E-state index contributed by atoms with van der Waals surface area (Å²) < 4.78 is 45.1. The van der Waals surface area contributed by atoms with E-state index in [4.69, 9.17) is 4.74 Å². The minimum absolute atomic E-state index is 0.0744. The van der Waals surface area contributed by atoms with Gasteiger partial charge in [0.05, 0.1) is 20.6 Å². The number of aromatic nitrogens is 2. The number of carbonyl (C=O) groups excluding carboxylic acids is 1. The highest BCUT2D eigenvalue weighted by Crippen LogP contribution is 2.36. The Morgan fingerprint density at radius 1 is 1.43 bits per heavy atom. The van der Waals surface area contributed by atoms with Gasteiger partial charge in [-0.05, 0) is 47.7 Å². The van der Waals surface area contributed by atoms with E-state index in [9.17, 15) is 18.0 Å². The first kappa shape index (κ1) is 16.1. The molecule has 2 heterocycles. The Bertz CT molecular complexity index is 786. The third-order valence-electron chi connectivity index (χ3n) is 3.27. The molecule has 1 N–H and O–H groups in total. The van der Waals surface area contributed by atoms with Gasteiger partial charge in [0, 0.05) is 5.56 Å². The molecule has 23 heavy (non-hydrogen) atoms. The van der Waals surface area contributed by atoms with Gasteiger partial charge in [0.1, 0.15) is 12.3 Å². The number of benzene rings is 1. The smallest absolute Gasteiger partial charge is 0.408 e. The van der Waals surface area contributed by atoms with Crippen LogP contribution in [0, 0.1) is 10.5 Å². The molecule has 1 aromatic carbocycles.